The van der Waals surface area contributed by atoms with E-state index < -0.39 is 0 Å². The predicted molar refractivity (Wildman–Crippen MR) is 76.2 cm³/mol. The van der Waals surface area contributed by atoms with E-state index in [0.717, 1.165) is 12.8 Å². The molecular weight excluding hydrogens is 224 g/mol. The lowest BCUT2D eigenvalue weighted by Gasteiger charge is -2.41. The monoisotopic (exact) mass is 254 g/mol. The van der Waals surface area contributed by atoms with Crippen molar-refractivity contribution < 1.29 is 4.79 Å². The van der Waals surface area contributed by atoms with Crippen LogP contribution < -0.4 is 11.1 Å². The summed E-state index contributed by atoms with van der Waals surface area (Å²) in [5.41, 5.74) is 5.92. The molecule has 1 saturated carbocycles. The van der Waals surface area contributed by atoms with Gasteiger partial charge in [0.15, 0.2) is 0 Å². The van der Waals surface area contributed by atoms with Crippen LogP contribution in [0.15, 0.2) is 0 Å². The average Bonchev–Trinajstić information content (AvgIpc) is 2.30. The zero-order valence-corrected chi connectivity index (χ0v) is 12.5. The molecule has 1 rings (SSSR count). The molecule has 1 fully saturated rings. The van der Waals surface area contributed by atoms with E-state index in [-0.39, 0.29) is 17.2 Å². The molecule has 1 aliphatic carbocycles. The number of carbonyl (C=O) groups is 1. The quantitative estimate of drug-likeness (QED) is 0.810. The van der Waals surface area contributed by atoms with Crippen LogP contribution in [0.4, 0.5) is 0 Å². The molecule has 106 valence electrons. The fourth-order valence-electron chi connectivity index (χ4n) is 3.10. The summed E-state index contributed by atoms with van der Waals surface area (Å²) in [7, 11) is 0. The highest BCUT2D eigenvalue weighted by atomic mass is 16.1. The third-order valence-electron chi connectivity index (χ3n) is 4.35. The van der Waals surface area contributed by atoms with Gasteiger partial charge in [-0.15, -0.1) is 0 Å². The average molecular weight is 254 g/mol. The van der Waals surface area contributed by atoms with E-state index in [4.69, 9.17) is 5.73 Å². The van der Waals surface area contributed by atoms with Gasteiger partial charge in [-0.1, -0.05) is 40.5 Å². The van der Waals surface area contributed by atoms with Crippen LogP contribution in [0.3, 0.4) is 0 Å². The molecule has 0 spiro atoms. The van der Waals surface area contributed by atoms with Gasteiger partial charge in [0, 0.05) is 18.5 Å². The predicted octanol–water partition coefficient (Wildman–Crippen LogP) is 2.69. The Labute approximate surface area is 112 Å². The highest BCUT2D eigenvalue weighted by Crippen LogP contribution is 2.38. The van der Waals surface area contributed by atoms with E-state index in [1.54, 1.807) is 0 Å². The van der Waals surface area contributed by atoms with Gasteiger partial charge >= 0.3 is 0 Å². The number of nitrogens with two attached hydrogens (primary N) is 1. The van der Waals surface area contributed by atoms with Gasteiger partial charge in [0.2, 0.25) is 5.91 Å². The maximum atomic E-state index is 12.2. The van der Waals surface area contributed by atoms with Crippen molar-refractivity contribution in [2.24, 2.45) is 23.0 Å². The largest absolute Gasteiger partial charge is 0.353 e. The van der Waals surface area contributed by atoms with Crippen molar-refractivity contribution in [3.8, 4) is 0 Å². The molecule has 3 atom stereocenters. The Morgan fingerprint density at radius 1 is 1.33 bits per heavy atom. The molecule has 0 heterocycles. The van der Waals surface area contributed by atoms with Gasteiger partial charge in [-0.2, -0.15) is 0 Å². The summed E-state index contributed by atoms with van der Waals surface area (Å²) >= 11 is 0. The molecule has 0 radical (unpaired) electrons. The number of carbonyl (C=O) groups excluding carboxylic acids is 1. The Balaban J connectivity index is 2.65. The Morgan fingerprint density at radius 3 is 2.44 bits per heavy atom. The van der Waals surface area contributed by atoms with Gasteiger partial charge in [0.1, 0.15) is 0 Å². The first-order chi connectivity index (χ1) is 8.40. The molecule has 3 heteroatoms. The third kappa shape index (κ3) is 3.98. The minimum atomic E-state index is -0.0208. The lowest BCUT2D eigenvalue weighted by molar-refractivity contribution is -0.126. The van der Waals surface area contributed by atoms with E-state index in [0.29, 0.717) is 18.5 Å². The van der Waals surface area contributed by atoms with Gasteiger partial charge in [0.05, 0.1) is 0 Å². The van der Waals surface area contributed by atoms with Gasteiger partial charge < -0.3 is 11.1 Å². The van der Waals surface area contributed by atoms with Crippen LogP contribution in [0, 0.1) is 17.3 Å². The van der Waals surface area contributed by atoms with Gasteiger partial charge in [-0.05, 0) is 30.6 Å². The SMILES string of the molecule is CCC(CN)C(=O)NC1CCCCC1C(C)(C)C. The second-order valence-electron chi connectivity index (χ2n) is 6.71. The first-order valence-corrected chi connectivity index (χ1v) is 7.40. The van der Waals surface area contributed by atoms with E-state index in [2.05, 4.69) is 26.1 Å². The standard InChI is InChI=1S/C15H30N2O/c1-5-11(10-16)14(18)17-13-9-7-6-8-12(13)15(2,3)4/h11-13H,5-10,16H2,1-4H3,(H,17,18). The van der Waals surface area contributed by atoms with Crippen LogP contribution in [0.25, 0.3) is 0 Å². The molecule has 18 heavy (non-hydrogen) atoms. The van der Waals surface area contributed by atoms with Crippen molar-refractivity contribution in [2.75, 3.05) is 6.54 Å². The minimum absolute atomic E-state index is 0.0208. The summed E-state index contributed by atoms with van der Waals surface area (Å²) in [4.78, 5) is 12.2. The first-order valence-electron chi connectivity index (χ1n) is 7.40. The van der Waals surface area contributed by atoms with Gasteiger partial charge in [-0.3, -0.25) is 4.79 Å². The fraction of sp³-hybridized carbons (Fsp3) is 0.933. The van der Waals surface area contributed by atoms with Gasteiger partial charge in [-0.25, -0.2) is 0 Å². The second kappa shape index (κ2) is 6.55. The second-order valence-corrected chi connectivity index (χ2v) is 6.71. The lowest BCUT2D eigenvalue weighted by atomic mass is 9.69. The van der Waals surface area contributed by atoms with Crippen LogP contribution in [0.5, 0.6) is 0 Å². The normalized spacial score (nSPS) is 26.7. The fourth-order valence-corrected chi connectivity index (χ4v) is 3.10. The summed E-state index contributed by atoms with van der Waals surface area (Å²) in [6.07, 6.45) is 5.71. The van der Waals surface area contributed by atoms with Crippen molar-refractivity contribution in [1.82, 2.24) is 5.32 Å². The van der Waals surface area contributed by atoms with Crippen molar-refractivity contribution in [3.63, 3.8) is 0 Å². The number of hydrogen-bond acceptors (Lipinski definition) is 2. The molecule has 0 aliphatic heterocycles. The Hall–Kier alpha value is -0.570. The summed E-state index contributed by atoms with van der Waals surface area (Å²) < 4.78 is 0. The summed E-state index contributed by atoms with van der Waals surface area (Å²) in [5.74, 6) is 0.721. The highest BCUT2D eigenvalue weighted by Gasteiger charge is 2.35. The maximum Gasteiger partial charge on any atom is 0.224 e. The van der Waals surface area contributed by atoms with Crippen LogP contribution in [-0.4, -0.2) is 18.5 Å². The minimum Gasteiger partial charge on any atom is -0.353 e. The van der Waals surface area contributed by atoms with Crippen LogP contribution >= 0.6 is 0 Å². The van der Waals surface area contributed by atoms with Crippen molar-refractivity contribution >= 4 is 5.91 Å². The molecule has 3 unspecified atom stereocenters. The van der Waals surface area contributed by atoms with Crippen LogP contribution in [0.2, 0.25) is 0 Å². The van der Waals surface area contributed by atoms with E-state index in [1.807, 2.05) is 6.92 Å². The topological polar surface area (TPSA) is 55.1 Å². The van der Waals surface area contributed by atoms with Crippen molar-refractivity contribution in [1.29, 1.82) is 0 Å². The molecule has 0 bridgehead atoms. The van der Waals surface area contributed by atoms with E-state index >= 15 is 0 Å². The first kappa shape index (κ1) is 15.5. The summed E-state index contributed by atoms with van der Waals surface area (Å²) in [5, 5.41) is 3.26. The third-order valence-corrected chi connectivity index (χ3v) is 4.35. The molecule has 0 saturated heterocycles. The summed E-state index contributed by atoms with van der Waals surface area (Å²) in [6, 6.07) is 0.340. The molecule has 3 nitrogen and oxygen atoms in total. The molecule has 0 aromatic carbocycles. The molecule has 0 aromatic heterocycles. The van der Waals surface area contributed by atoms with Gasteiger partial charge in [0.25, 0.3) is 0 Å². The number of nitrogens with one attached hydrogen (secondary N) is 1. The maximum absolute atomic E-state index is 12.2. The van der Waals surface area contributed by atoms with E-state index in [9.17, 15) is 4.79 Å². The lowest BCUT2D eigenvalue weighted by Crippen LogP contribution is -2.49. The Morgan fingerprint density at radius 2 is 1.94 bits per heavy atom. The van der Waals surface area contributed by atoms with Crippen molar-refractivity contribution in [3.05, 3.63) is 0 Å². The number of amides is 1. The Bertz CT molecular complexity index is 266. The molecular formula is C15H30N2O. The van der Waals surface area contributed by atoms with E-state index in [1.165, 1.54) is 19.3 Å². The molecule has 3 N–H and O–H groups in total. The van der Waals surface area contributed by atoms with Crippen LogP contribution in [0.1, 0.15) is 59.8 Å². The number of hydrogen-bond donors (Lipinski definition) is 2. The molecule has 1 amide bonds. The van der Waals surface area contributed by atoms with Crippen molar-refractivity contribution in [2.45, 2.75) is 65.8 Å². The smallest absolute Gasteiger partial charge is 0.224 e. The zero-order chi connectivity index (χ0) is 13.8. The zero-order valence-electron chi connectivity index (χ0n) is 12.5. The van der Waals surface area contributed by atoms with Crippen LogP contribution in [-0.2, 0) is 4.79 Å². The Kier molecular flexibility index (Phi) is 5.64. The highest BCUT2D eigenvalue weighted by molar-refractivity contribution is 5.79. The number of rotatable bonds is 4. The molecule has 1 aliphatic rings. The molecule has 0 aromatic rings. The summed E-state index contributed by atoms with van der Waals surface area (Å²) in [6.45, 7) is 9.32.